The molecule has 1 unspecified atom stereocenters. The number of hydrogen-bond acceptors (Lipinski definition) is 6. The van der Waals surface area contributed by atoms with E-state index >= 15 is 0 Å². The Balaban J connectivity index is 1.31. The van der Waals surface area contributed by atoms with Gasteiger partial charge in [-0.25, -0.2) is 8.42 Å². The van der Waals surface area contributed by atoms with Crippen LogP contribution in [0.25, 0.3) is 0 Å². The standard InChI is InChI=1S/C27H36ClN3O5S/c1-19-7-8-22(28)16-25(19)29-10-12-30(13-11-29)26(32)18-36-17-23-6-5-9-31(23)37(33,34)27-20(2)14-24(35-4)15-21(27)3/h7-8,14-16,23H,5-6,9-13,17-18H2,1-4H3. The molecule has 2 saturated heterocycles. The highest BCUT2D eigenvalue weighted by Gasteiger charge is 2.37. The van der Waals surface area contributed by atoms with Crippen LogP contribution in [0.1, 0.15) is 29.5 Å². The molecule has 0 N–H and O–H groups in total. The van der Waals surface area contributed by atoms with E-state index in [0.29, 0.717) is 52.8 Å². The Kier molecular flexibility index (Phi) is 8.68. The molecule has 4 rings (SSSR count). The smallest absolute Gasteiger partial charge is 0.248 e. The number of methoxy groups -OCH3 is 1. The van der Waals surface area contributed by atoms with Crippen LogP contribution in [0, 0.1) is 20.8 Å². The van der Waals surface area contributed by atoms with Crippen molar-refractivity contribution < 1.29 is 22.7 Å². The number of anilines is 1. The second kappa shape index (κ2) is 11.6. The van der Waals surface area contributed by atoms with Gasteiger partial charge in [-0.2, -0.15) is 4.31 Å². The summed E-state index contributed by atoms with van der Waals surface area (Å²) in [6.45, 7) is 8.88. The van der Waals surface area contributed by atoms with Crippen LogP contribution in [-0.4, -0.2) is 82.6 Å². The van der Waals surface area contributed by atoms with Crippen molar-refractivity contribution in [1.29, 1.82) is 0 Å². The molecule has 2 aromatic rings. The molecule has 37 heavy (non-hydrogen) atoms. The summed E-state index contributed by atoms with van der Waals surface area (Å²) in [4.78, 5) is 17.2. The van der Waals surface area contributed by atoms with E-state index in [1.54, 1.807) is 33.1 Å². The fourth-order valence-electron chi connectivity index (χ4n) is 5.34. The number of carbonyl (C=O) groups is 1. The van der Waals surface area contributed by atoms with Crippen molar-refractivity contribution in [2.45, 2.75) is 44.6 Å². The number of benzene rings is 2. The normalized spacial score (nSPS) is 18.9. The number of amides is 1. The molecule has 2 aliphatic heterocycles. The zero-order valence-electron chi connectivity index (χ0n) is 22.0. The van der Waals surface area contributed by atoms with E-state index in [1.807, 2.05) is 23.1 Å². The number of sulfonamides is 1. The van der Waals surface area contributed by atoms with Gasteiger partial charge in [0.2, 0.25) is 15.9 Å². The van der Waals surface area contributed by atoms with Crippen LogP contribution in [0.5, 0.6) is 5.75 Å². The average molecular weight is 550 g/mol. The molecule has 0 spiro atoms. The Morgan fingerprint density at radius 3 is 2.32 bits per heavy atom. The number of aryl methyl sites for hydroxylation is 3. The van der Waals surface area contributed by atoms with Gasteiger partial charge in [0.25, 0.3) is 0 Å². The number of carbonyl (C=O) groups excluding carboxylic acids is 1. The molecule has 1 amide bonds. The van der Waals surface area contributed by atoms with E-state index in [2.05, 4.69) is 11.8 Å². The number of piperazine rings is 1. The van der Waals surface area contributed by atoms with Gasteiger partial charge in [-0.15, -0.1) is 0 Å². The highest BCUT2D eigenvalue weighted by molar-refractivity contribution is 7.89. The average Bonchev–Trinajstić information content (AvgIpc) is 3.34. The molecule has 2 fully saturated rings. The van der Waals surface area contributed by atoms with Gasteiger partial charge in [0, 0.05) is 49.5 Å². The maximum absolute atomic E-state index is 13.6. The first-order valence-electron chi connectivity index (χ1n) is 12.7. The van der Waals surface area contributed by atoms with Gasteiger partial charge in [0.15, 0.2) is 0 Å². The van der Waals surface area contributed by atoms with Gasteiger partial charge in [-0.3, -0.25) is 4.79 Å². The van der Waals surface area contributed by atoms with Gasteiger partial charge in [0.1, 0.15) is 12.4 Å². The molecule has 8 nitrogen and oxygen atoms in total. The minimum Gasteiger partial charge on any atom is -0.497 e. The van der Waals surface area contributed by atoms with Gasteiger partial charge < -0.3 is 19.3 Å². The Bertz CT molecular complexity index is 1220. The van der Waals surface area contributed by atoms with Crippen LogP contribution in [0.3, 0.4) is 0 Å². The highest BCUT2D eigenvalue weighted by Crippen LogP contribution is 2.32. The monoisotopic (exact) mass is 549 g/mol. The molecular weight excluding hydrogens is 514 g/mol. The zero-order chi connectivity index (χ0) is 26.7. The van der Waals surface area contributed by atoms with E-state index in [1.165, 1.54) is 4.31 Å². The molecular formula is C27H36ClN3O5S. The number of nitrogens with zero attached hydrogens (tertiary/aromatic N) is 3. The topological polar surface area (TPSA) is 79.4 Å². The van der Waals surface area contributed by atoms with Gasteiger partial charge in [-0.05, 0) is 74.6 Å². The fourth-order valence-corrected chi connectivity index (χ4v) is 7.60. The van der Waals surface area contributed by atoms with E-state index in [-0.39, 0.29) is 25.2 Å². The van der Waals surface area contributed by atoms with Gasteiger partial charge in [-0.1, -0.05) is 17.7 Å². The number of hydrogen-bond donors (Lipinski definition) is 0. The maximum atomic E-state index is 13.6. The molecule has 1 atom stereocenters. The van der Waals surface area contributed by atoms with Crippen molar-refractivity contribution in [3.8, 4) is 5.75 Å². The molecule has 0 aliphatic carbocycles. The molecule has 2 heterocycles. The SMILES string of the molecule is COc1cc(C)c(S(=O)(=O)N2CCCC2COCC(=O)N2CCN(c3cc(Cl)ccc3C)CC2)c(C)c1. The Labute approximate surface area is 225 Å². The summed E-state index contributed by atoms with van der Waals surface area (Å²) in [6.07, 6.45) is 1.47. The van der Waals surface area contributed by atoms with Crippen LogP contribution >= 0.6 is 11.6 Å². The minimum atomic E-state index is -3.70. The van der Waals surface area contributed by atoms with Crippen LogP contribution < -0.4 is 9.64 Å². The highest BCUT2D eigenvalue weighted by atomic mass is 35.5. The Morgan fingerprint density at radius 1 is 1.00 bits per heavy atom. The molecule has 2 aromatic carbocycles. The van der Waals surface area contributed by atoms with E-state index in [4.69, 9.17) is 21.1 Å². The quantitative estimate of drug-likeness (QED) is 0.498. The molecule has 0 saturated carbocycles. The first-order chi connectivity index (χ1) is 17.6. The third kappa shape index (κ3) is 6.06. The molecule has 10 heteroatoms. The predicted molar refractivity (Wildman–Crippen MR) is 145 cm³/mol. The maximum Gasteiger partial charge on any atom is 0.248 e. The van der Waals surface area contributed by atoms with Crippen LogP contribution in [-0.2, 0) is 19.6 Å². The van der Waals surface area contributed by atoms with Gasteiger partial charge in [0.05, 0.1) is 18.6 Å². The van der Waals surface area contributed by atoms with Crippen molar-refractivity contribution in [2.24, 2.45) is 0 Å². The van der Waals surface area contributed by atoms with E-state index in [9.17, 15) is 13.2 Å². The van der Waals surface area contributed by atoms with Crippen LogP contribution in [0.15, 0.2) is 35.2 Å². The number of halogens is 1. The van der Waals surface area contributed by atoms with Crippen molar-refractivity contribution in [2.75, 3.05) is 57.9 Å². The van der Waals surface area contributed by atoms with Crippen molar-refractivity contribution >= 4 is 33.2 Å². The Morgan fingerprint density at radius 2 is 1.68 bits per heavy atom. The van der Waals surface area contributed by atoms with Crippen molar-refractivity contribution in [3.63, 3.8) is 0 Å². The van der Waals surface area contributed by atoms with Crippen LogP contribution in [0.2, 0.25) is 5.02 Å². The largest absolute Gasteiger partial charge is 0.497 e. The summed E-state index contributed by atoms with van der Waals surface area (Å²) in [5.74, 6) is 0.564. The lowest BCUT2D eigenvalue weighted by Gasteiger charge is -2.37. The number of rotatable bonds is 8. The fraction of sp³-hybridized carbons (Fsp3) is 0.519. The lowest BCUT2D eigenvalue weighted by Crippen LogP contribution is -2.50. The third-order valence-corrected chi connectivity index (χ3v) is 9.73. The Hall–Kier alpha value is -2.33. The summed E-state index contributed by atoms with van der Waals surface area (Å²) < 4.78 is 39.7. The summed E-state index contributed by atoms with van der Waals surface area (Å²) in [5, 5.41) is 0.702. The first kappa shape index (κ1) is 27.7. The lowest BCUT2D eigenvalue weighted by atomic mass is 10.1. The van der Waals surface area contributed by atoms with Crippen LogP contribution in [0.4, 0.5) is 5.69 Å². The van der Waals surface area contributed by atoms with E-state index in [0.717, 1.165) is 30.8 Å². The minimum absolute atomic E-state index is 0.0544. The van der Waals surface area contributed by atoms with Gasteiger partial charge >= 0.3 is 0 Å². The zero-order valence-corrected chi connectivity index (χ0v) is 23.6. The summed E-state index contributed by atoms with van der Waals surface area (Å²) in [6, 6.07) is 9.05. The summed E-state index contributed by atoms with van der Waals surface area (Å²) in [7, 11) is -2.13. The molecule has 0 bridgehead atoms. The van der Waals surface area contributed by atoms with Crippen molar-refractivity contribution in [1.82, 2.24) is 9.21 Å². The molecule has 0 radical (unpaired) electrons. The third-order valence-electron chi connectivity index (χ3n) is 7.24. The summed E-state index contributed by atoms with van der Waals surface area (Å²) in [5.41, 5.74) is 3.57. The predicted octanol–water partition coefficient (Wildman–Crippen LogP) is 3.79. The van der Waals surface area contributed by atoms with E-state index < -0.39 is 10.0 Å². The summed E-state index contributed by atoms with van der Waals surface area (Å²) >= 11 is 6.17. The second-order valence-corrected chi connectivity index (χ2v) is 12.1. The molecule has 0 aromatic heterocycles. The van der Waals surface area contributed by atoms with Crippen molar-refractivity contribution in [3.05, 3.63) is 52.0 Å². The number of ether oxygens (including phenoxy) is 2. The lowest BCUT2D eigenvalue weighted by molar-refractivity contribution is -0.136. The molecule has 2 aliphatic rings. The second-order valence-electron chi connectivity index (χ2n) is 9.82. The first-order valence-corrected chi connectivity index (χ1v) is 14.5. The molecule has 202 valence electrons.